The van der Waals surface area contributed by atoms with E-state index < -0.39 is 12.1 Å². The van der Waals surface area contributed by atoms with Crippen LogP contribution < -0.4 is 15.4 Å². The topological polar surface area (TPSA) is 87.7 Å². The first-order chi connectivity index (χ1) is 14.4. The minimum Gasteiger partial charge on any atom is -0.497 e. The molecular weight excluding hydrogens is 429 g/mol. The minimum absolute atomic E-state index is 0.0727. The number of anilines is 1. The molecule has 0 radical (unpaired) electrons. The Morgan fingerprint density at radius 1 is 1.13 bits per heavy atom. The quantitative estimate of drug-likeness (QED) is 0.598. The van der Waals surface area contributed by atoms with Gasteiger partial charge in [-0.3, -0.25) is 14.5 Å². The smallest absolute Gasteiger partial charge is 0.324 e. The molecule has 0 aliphatic carbocycles. The van der Waals surface area contributed by atoms with Crippen LogP contribution in [-0.2, 0) is 16.0 Å². The van der Waals surface area contributed by atoms with Gasteiger partial charge in [-0.1, -0.05) is 35.3 Å². The van der Waals surface area contributed by atoms with Gasteiger partial charge in [-0.15, -0.1) is 0 Å². The SMILES string of the molecule is COc1ccc(CCN2C(=O)NC(CCC(=O)Nc3ccc(Cl)c(Cl)c3)C2=O)cc1. The molecule has 1 fully saturated rings. The van der Waals surface area contributed by atoms with Crippen LogP contribution in [0.25, 0.3) is 0 Å². The van der Waals surface area contributed by atoms with Crippen molar-refractivity contribution in [3.8, 4) is 5.75 Å². The van der Waals surface area contributed by atoms with Gasteiger partial charge in [-0.05, 0) is 48.7 Å². The standard InChI is InChI=1S/C21H21Cl2N3O4/c1-30-15-5-2-13(3-6-15)10-11-26-20(28)18(25-21(26)29)8-9-19(27)24-14-4-7-16(22)17(23)12-14/h2-7,12,18H,8-11H2,1H3,(H,24,27)(H,25,29). The van der Waals surface area contributed by atoms with Crippen molar-refractivity contribution < 1.29 is 19.1 Å². The summed E-state index contributed by atoms with van der Waals surface area (Å²) in [6, 6.07) is 11.1. The second-order valence-corrected chi connectivity index (χ2v) is 7.62. The normalized spacial score (nSPS) is 15.8. The average Bonchev–Trinajstić information content (AvgIpc) is 3.01. The maximum Gasteiger partial charge on any atom is 0.324 e. The number of urea groups is 1. The number of benzene rings is 2. The Hall–Kier alpha value is -2.77. The summed E-state index contributed by atoms with van der Waals surface area (Å²) >= 11 is 11.8. The maximum atomic E-state index is 12.5. The van der Waals surface area contributed by atoms with E-state index in [2.05, 4.69) is 10.6 Å². The molecule has 2 N–H and O–H groups in total. The van der Waals surface area contributed by atoms with Gasteiger partial charge < -0.3 is 15.4 Å². The summed E-state index contributed by atoms with van der Waals surface area (Å²) in [6.45, 7) is 0.267. The van der Waals surface area contributed by atoms with E-state index in [9.17, 15) is 14.4 Å². The van der Waals surface area contributed by atoms with Crippen molar-refractivity contribution in [2.45, 2.75) is 25.3 Å². The van der Waals surface area contributed by atoms with Gasteiger partial charge in [0, 0.05) is 18.7 Å². The summed E-state index contributed by atoms with van der Waals surface area (Å²) < 4.78 is 5.12. The highest BCUT2D eigenvalue weighted by atomic mass is 35.5. The first kappa shape index (κ1) is 21.9. The minimum atomic E-state index is -0.715. The van der Waals surface area contributed by atoms with Gasteiger partial charge in [0.15, 0.2) is 0 Å². The third kappa shape index (κ3) is 5.43. The largest absolute Gasteiger partial charge is 0.497 e. The molecule has 1 aliphatic heterocycles. The number of rotatable bonds is 8. The Morgan fingerprint density at radius 2 is 1.87 bits per heavy atom. The summed E-state index contributed by atoms with van der Waals surface area (Å²) in [5.74, 6) is 0.135. The highest BCUT2D eigenvalue weighted by Gasteiger charge is 2.37. The number of hydrogen-bond donors (Lipinski definition) is 2. The van der Waals surface area contributed by atoms with Gasteiger partial charge in [0.1, 0.15) is 11.8 Å². The molecule has 9 heteroatoms. The van der Waals surface area contributed by atoms with Crippen molar-refractivity contribution in [3.63, 3.8) is 0 Å². The number of carbonyl (C=O) groups excluding carboxylic acids is 3. The second-order valence-electron chi connectivity index (χ2n) is 6.81. The Kier molecular flexibility index (Phi) is 7.18. The number of ether oxygens (including phenoxy) is 1. The van der Waals surface area contributed by atoms with Crippen LogP contribution >= 0.6 is 23.2 Å². The van der Waals surface area contributed by atoms with Crippen molar-refractivity contribution in [2.75, 3.05) is 19.0 Å². The number of nitrogens with one attached hydrogen (secondary N) is 2. The molecule has 7 nitrogen and oxygen atoms in total. The fourth-order valence-electron chi connectivity index (χ4n) is 3.09. The fraction of sp³-hybridized carbons (Fsp3) is 0.286. The first-order valence-corrected chi connectivity index (χ1v) is 10.1. The zero-order chi connectivity index (χ0) is 21.7. The predicted octanol–water partition coefficient (Wildman–Crippen LogP) is 3.88. The van der Waals surface area contributed by atoms with E-state index >= 15 is 0 Å². The Bertz CT molecular complexity index is 950. The molecule has 0 spiro atoms. The number of hydrogen-bond acceptors (Lipinski definition) is 4. The molecule has 2 aromatic rings. The van der Waals surface area contributed by atoms with Crippen LogP contribution in [0.4, 0.5) is 10.5 Å². The highest BCUT2D eigenvalue weighted by Crippen LogP contribution is 2.25. The monoisotopic (exact) mass is 449 g/mol. The van der Waals surface area contributed by atoms with E-state index in [1.807, 2.05) is 24.3 Å². The molecule has 0 saturated carbocycles. The van der Waals surface area contributed by atoms with Gasteiger partial charge >= 0.3 is 6.03 Å². The van der Waals surface area contributed by atoms with Crippen LogP contribution in [0.5, 0.6) is 5.75 Å². The summed E-state index contributed by atoms with van der Waals surface area (Å²) in [7, 11) is 1.59. The lowest BCUT2D eigenvalue weighted by atomic mass is 10.1. The van der Waals surface area contributed by atoms with Gasteiger partial charge in [0.2, 0.25) is 5.91 Å². The zero-order valence-electron chi connectivity index (χ0n) is 16.3. The van der Waals surface area contributed by atoms with Gasteiger partial charge in [0.05, 0.1) is 17.2 Å². The molecule has 1 unspecified atom stereocenters. The predicted molar refractivity (Wildman–Crippen MR) is 115 cm³/mol. The van der Waals surface area contributed by atoms with E-state index in [-0.39, 0.29) is 31.2 Å². The Balaban J connectivity index is 1.48. The molecule has 0 bridgehead atoms. The molecule has 0 aromatic heterocycles. The van der Waals surface area contributed by atoms with E-state index in [0.29, 0.717) is 22.2 Å². The van der Waals surface area contributed by atoms with Crippen LogP contribution in [0.2, 0.25) is 10.0 Å². The third-order valence-corrected chi connectivity index (χ3v) is 5.49. The van der Waals surface area contributed by atoms with Crippen molar-refractivity contribution in [2.24, 2.45) is 0 Å². The average molecular weight is 450 g/mol. The lowest BCUT2D eigenvalue weighted by molar-refractivity contribution is -0.127. The Morgan fingerprint density at radius 3 is 2.53 bits per heavy atom. The van der Waals surface area contributed by atoms with Crippen molar-refractivity contribution in [1.82, 2.24) is 10.2 Å². The third-order valence-electron chi connectivity index (χ3n) is 4.75. The van der Waals surface area contributed by atoms with E-state index in [1.165, 1.54) is 4.90 Å². The van der Waals surface area contributed by atoms with E-state index in [4.69, 9.17) is 27.9 Å². The molecule has 30 heavy (non-hydrogen) atoms. The molecule has 2 aromatic carbocycles. The van der Waals surface area contributed by atoms with Crippen LogP contribution in [0, 0.1) is 0 Å². The van der Waals surface area contributed by atoms with Crippen molar-refractivity contribution in [3.05, 3.63) is 58.1 Å². The van der Waals surface area contributed by atoms with Crippen LogP contribution in [0.15, 0.2) is 42.5 Å². The maximum absolute atomic E-state index is 12.5. The van der Waals surface area contributed by atoms with Crippen molar-refractivity contribution in [1.29, 1.82) is 0 Å². The number of carbonyl (C=O) groups is 3. The number of amides is 4. The van der Waals surface area contributed by atoms with Crippen molar-refractivity contribution >= 4 is 46.7 Å². The molecule has 1 heterocycles. The van der Waals surface area contributed by atoms with Gasteiger partial charge in [-0.25, -0.2) is 4.79 Å². The summed E-state index contributed by atoms with van der Waals surface area (Å²) in [5.41, 5.74) is 1.50. The number of methoxy groups -OCH3 is 1. The van der Waals surface area contributed by atoms with E-state index in [0.717, 1.165) is 11.3 Å². The molecule has 1 saturated heterocycles. The molecule has 4 amide bonds. The fourth-order valence-corrected chi connectivity index (χ4v) is 3.39. The lowest BCUT2D eigenvalue weighted by Gasteiger charge is -2.13. The lowest BCUT2D eigenvalue weighted by Crippen LogP contribution is -2.33. The molecular formula is C21H21Cl2N3O4. The number of nitrogens with zero attached hydrogens (tertiary/aromatic N) is 1. The van der Waals surface area contributed by atoms with Crippen LogP contribution in [0.1, 0.15) is 18.4 Å². The molecule has 3 rings (SSSR count). The number of halogens is 2. The second kappa shape index (κ2) is 9.82. The van der Waals surface area contributed by atoms with Gasteiger partial charge in [0.25, 0.3) is 5.91 Å². The first-order valence-electron chi connectivity index (χ1n) is 9.37. The Labute approximate surface area is 184 Å². The van der Waals surface area contributed by atoms with Crippen LogP contribution in [0.3, 0.4) is 0 Å². The summed E-state index contributed by atoms with van der Waals surface area (Å²) in [5, 5.41) is 6.07. The summed E-state index contributed by atoms with van der Waals surface area (Å²) in [6.07, 6.45) is 0.813. The molecule has 158 valence electrons. The zero-order valence-corrected chi connectivity index (χ0v) is 17.8. The molecule has 1 aliphatic rings. The van der Waals surface area contributed by atoms with Crippen LogP contribution in [-0.4, -0.2) is 42.4 Å². The highest BCUT2D eigenvalue weighted by molar-refractivity contribution is 6.42. The summed E-state index contributed by atoms with van der Waals surface area (Å²) in [4.78, 5) is 38.1. The number of imide groups is 1. The van der Waals surface area contributed by atoms with E-state index in [1.54, 1.807) is 25.3 Å². The van der Waals surface area contributed by atoms with Gasteiger partial charge in [-0.2, -0.15) is 0 Å². The molecule has 1 atom stereocenters.